The Hall–Kier alpha value is -1.66. The Morgan fingerprint density at radius 2 is 2.00 bits per heavy atom. The Bertz CT molecular complexity index is 524. The van der Waals surface area contributed by atoms with E-state index in [-0.39, 0.29) is 17.0 Å². The van der Waals surface area contributed by atoms with E-state index in [0.29, 0.717) is 12.2 Å². The predicted octanol–water partition coefficient (Wildman–Crippen LogP) is 1.57. The normalized spacial score (nSPS) is 22.2. The summed E-state index contributed by atoms with van der Waals surface area (Å²) in [5.41, 5.74) is 6.76. The number of morpholine rings is 1. The third-order valence-electron chi connectivity index (χ3n) is 3.40. The van der Waals surface area contributed by atoms with Gasteiger partial charge in [-0.25, -0.2) is 0 Å². The van der Waals surface area contributed by atoms with Gasteiger partial charge in [0.05, 0.1) is 11.2 Å². The summed E-state index contributed by atoms with van der Waals surface area (Å²) in [6.45, 7) is 10.7. The lowest BCUT2D eigenvalue weighted by atomic mass is 9.98. The maximum atomic E-state index is 8.87. The molecule has 6 heteroatoms. The Balaban J connectivity index is 2.22. The molecule has 0 aromatic carbocycles. The van der Waals surface area contributed by atoms with Crippen LogP contribution >= 0.6 is 0 Å². The van der Waals surface area contributed by atoms with Gasteiger partial charge in [0.2, 0.25) is 0 Å². The molecule has 1 saturated heterocycles. The molecule has 0 amide bonds. The molecule has 3 N–H and O–H groups in total. The van der Waals surface area contributed by atoms with Crippen LogP contribution in [0.2, 0.25) is 0 Å². The van der Waals surface area contributed by atoms with E-state index in [9.17, 15) is 0 Å². The maximum Gasteiger partial charge on any atom is 0.189 e. The van der Waals surface area contributed by atoms with Gasteiger partial charge in [0.1, 0.15) is 5.69 Å². The van der Waals surface area contributed by atoms with Crippen molar-refractivity contribution in [2.75, 3.05) is 13.1 Å². The van der Waals surface area contributed by atoms with Crippen LogP contribution in [0.1, 0.15) is 39.0 Å². The lowest BCUT2D eigenvalue weighted by molar-refractivity contribution is -0.182. The maximum absolute atomic E-state index is 8.87. The zero-order valence-corrected chi connectivity index (χ0v) is 13.1. The van der Waals surface area contributed by atoms with Crippen molar-refractivity contribution in [3.05, 3.63) is 29.6 Å². The van der Waals surface area contributed by atoms with Crippen LogP contribution in [0.5, 0.6) is 0 Å². The molecule has 0 radical (unpaired) electrons. The second-order valence-corrected chi connectivity index (χ2v) is 6.76. The Morgan fingerprint density at radius 3 is 2.57 bits per heavy atom. The number of pyridine rings is 1. The smallest absolute Gasteiger partial charge is 0.189 e. The minimum Gasteiger partial charge on any atom is -0.409 e. The van der Waals surface area contributed by atoms with Crippen molar-refractivity contribution in [3.8, 4) is 0 Å². The average Bonchev–Trinajstić information content (AvgIpc) is 2.34. The van der Waals surface area contributed by atoms with Crippen LogP contribution in [0.15, 0.2) is 23.5 Å². The summed E-state index contributed by atoms with van der Waals surface area (Å²) in [5.74, 6) is 0.0392. The second-order valence-electron chi connectivity index (χ2n) is 6.76. The lowest BCUT2D eigenvalue weighted by Crippen LogP contribution is -2.56. The van der Waals surface area contributed by atoms with Gasteiger partial charge in [-0.2, -0.15) is 0 Å². The molecule has 21 heavy (non-hydrogen) atoms. The van der Waals surface area contributed by atoms with Gasteiger partial charge in [-0.15, -0.1) is 0 Å². The number of aromatic nitrogens is 1. The highest BCUT2D eigenvalue weighted by molar-refractivity contribution is 5.96. The zero-order valence-electron chi connectivity index (χ0n) is 13.1. The third kappa shape index (κ3) is 3.92. The largest absolute Gasteiger partial charge is 0.409 e. The van der Waals surface area contributed by atoms with Crippen LogP contribution in [0.25, 0.3) is 0 Å². The van der Waals surface area contributed by atoms with Gasteiger partial charge in [0.15, 0.2) is 5.84 Å². The molecule has 2 rings (SSSR count). The van der Waals surface area contributed by atoms with Crippen LogP contribution in [0.3, 0.4) is 0 Å². The molecule has 0 spiro atoms. The SMILES string of the molecule is CC1(C)CN(Cc2cccnc2/C(N)=N/O)CC(C)(C)O1. The van der Waals surface area contributed by atoms with Crippen molar-refractivity contribution < 1.29 is 9.94 Å². The van der Waals surface area contributed by atoms with E-state index in [0.717, 1.165) is 18.7 Å². The van der Waals surface area contributed by atoms with Gasteiger partial charge in [-0.1, -0.05) is 11.2 Å². The lowest BCUT2D eigenvalue weighted by Gasteiger charge is -2.47. The average molecular weight is 292 g/mol. The molecule has 6 nitrogen and oxygen atoms in total. The van der Waals surface area contributed by atoms with Crippen LogP contribution in [0, 0.1) is 0 Å². The Kier molecular flexibility index (Phi) is 4.20. The van der Waals surface area contributed by atoms with Crippen molar-refractivity contribution in [2.24, 2.45) is 10.9 Å². The van der Waals surface area contributed by atoms with Crippen LogP contribution < -0.4 is 5.73 Å². The van der Waals surface area contributed by atoms with Gasteiger partial charge in [0.25, 0.3) is 0 Å². The quantitative estimate of drug-likeness (QED) is 0.382. The number of nitrogens with zero attached hydrogens (tertiary/aromatic N) is 3. The molecule has 1 aromatic heterocycles. The van der Waals surface area contributed by atoms with E-state index in [1.165, 1.54) is 0 Å². The van der Waals surface area contributed by atoms with Crippen LogP contribution in [-0.2, 0) is 11.3 Å². The number of ether oxygens (including phenoxy) is 1. The first-order valence-corrected chi connectivity index (χ1v) is 7.07. The number of amidine groups is 1. The van der Waals surface area contributed by atoms with Crippen LogP contribution in [-0.4, -0.2) is 45.2 Å². The fourth-order valence-corrected chi connectivity index (χ4v) is 3.14. The van der Waals surface area contributed by atoms with Crippen LogP contribution in [0.4, 0.5) is 0 Å². The highest BCUT2D eigenvalue weighted by Gasteiger charge is 2.38. The number of rotatable bonds is 3. The van der Waals surface area contributed by atoms with Crippen molar-refractivity contribution >= 4 is 5.84 Å². The van der Waals surface area contributed by atoms with Crippen molar-refractivity contribution in [1.29, 1.82) is 0 Å². The molecule has 2 heterocycles. The predicted molar refractivity (Wildman–Crippen MR) is 81.3 cm³/mol. The Morgan fingerprint density at radius 1 is 1.38 bits per heavy atom. The van der Waals surface area contributed by atoms with Gasteiger partial charge in [-0.3, -0.25) is 9.88 Å². The summed E-state index contributed by atoms with van der Waals surface area (Å²) in [6.07, 6.45) is 1.64. The molecule has 1 aliphatic rings. The molecule has 1 fully saturated rings. The third-order valence-corrected chi connectivity index (χ3v) is 3.40. The number of hydrogen-bond acceptors (Lipinski definition) is 5. The molecule has 0 saturated carbocycles. The van der Waals surface area contributed by atoms with E-state index in [4.69, 9.17) is 15.7 Å². The monoisotopic (exact) mass is 292 g/mol. The first-order valence-electron chi connectivity index (χ1n) is 7.07. The zero-order chi connectivity index (χ0) is 15.7. The van der Waals surface area contributed by atoms with Crippen molar-refractivity contribution in [2.45, 2.75) is 45.4 Å². The molecule has 0 unspecified atom stereocenters. The molecule has 116 valence electrons. The summed E-state index contributed by atoms with van der Waals surface area (Å²) in [7, 11) is 0. The highest BCUT2D eigenvalue weighted by Crippen LogP contribution is 2.29. The van der Waals surface area contributed by atoms with Gasteiger partial charge in [-0.05, 0) is 39.3 Å². The number of hydrogen-bond donors (Lipinski definition) is 2. The first-order chi connectivity index (χ1) is 9.72. The fourth-order valence-electron chi connectivity index (χ4n) is 3.14. The number of nitrogens with two attached hydrogens (primary N) is 1. The molecule has 0 aliphatic carbocycles. The van der Waals surface area contributed by atoms with E-state index in [1.54, 1.807) is 6.20 Å². The first kappa shape index (κ1) is 15.7. The summed E-state index contributed by atoms with van der Waals surface area (Å²) >= 11 is 0. The minimum atomic E-state index is -0.208. The van der Waals surface area contributed by atoms with E-state index < -0.39 is 0 Å². The van der Waals surface area contributed by atoms with Gasteiger partial charge >= 0.3 is 0 Å². The summed E-state index contributed by atoms with van der Waals surface area (Å²) in [4.78, 5) is 6.53. The second kappa shape index (κ2) is 5.61. The highest BCUT2D eigenvalue weighted by atomic mass is 16.5. The summed E-state index contributed by atoms with van der Waals surface area (Å²) < 4.78 is 6.08. The summed E-state index contributed by atoms with van der Waals surface area (Å²) in [6, 6.07) is 3.82. The summed E-state index contributed by atoms with van der Waals surface area (Å²) in [5, 5.41) is 11.9. The van der Waals surface area contributed by atoms with Gasteiger partial charge < -0.3 is 15.7 Å². The molecule has 1 aromatic rings. The molecule has 0 atom stereocenters. The topological polar surface area (TPSA) is 84.0 Å². The van der Waals surface area contributed by atoms with E-state index in [1.807, 2.05) is 12.1 Å². The molecule has 1 aliphatic heterocycles. The molecule has 0 bridgehead atoms. The standard InChI is InChI=1S/C15H24N4O2/c1-14(2)9-19(10-15(3,4)21-14)8-11-6-5-7-17-12(11)13(16)18-20/h5-7,20H,8-10H2,1-4H3,(H2,16,18). The molecular formula is C15H24N4O2. The Labute approximate surface area is 125 Å². The number of oxime groups is 1. The van der Waals surface area contributed by atoms with E-state index >= 15 is 0 Å². The minimum absolute atomic E-state index is 0.0392. The van der Waals surface area contributed by atoms with Gasteiger partial charge in [0, 0.05) is 25.8 Å². The van der Waals surface area contributed by atoms with Crippen molar-refractivity contribution in [3.63, 3.8) is 0 Å². The van der Waals surface area contributed by atoms with Crippen molar-refractivity contribution in [1.82, 2.24) is 9.88 Å². The molecular weight excluding hydrogens is 268 g/mol. The fraction of sp³-hybridized carbons (Fsp3) is 0.600. The van der Waals surface area contributed by atoms with E-state index in [2.05, 4.69) is 42.7 Å².